The number of amides is 2. The number of hydrogen-bond donors (Lipinski definition) is 2. The van der Waals surface area contributed by atoms with Crippen molar-refractivity contribution in [3.63, 3.8) is 0 Å². The Bertz CT molecular complexity index is 1040. The molecule has 0 spiro atoms. The summed E-state index contributed by atoms with van der Waals surface area (Å²) in [7, 11) is 1.69. The number of nitrogens with zero attached hydrogens (tertiary/aromatic N) is 3. The van der Waals surface area contributed by atoms with Crippen molar-refractivity contribution in [2.24, 2.45) is 17.3 Å². The molecule has 144 valence electrons. The van der Waals surface area contributed by atoms with Gasteiger partial charge in [0.15, 0.2) is 12.3 Å². The number of aromatic nitrogens is 1. The number of rotatable bonds is 6. The van der Waals surface area contributed by atoms with Gasteiger partial charge in [-0.1, -0.05) is 35.9 Å². The highest BCUT2D eigenvalue weighted by molar-refractivity contribution is 5.95. The van der Waals surface area contributed by atoms with Crippen LogP contribution < -0.4 is 10.1 Å². The maximum Gasteiger partial charge on any atom is 0.283 e. The van der Waals surface area contributed by atoms with Gasteiger partial charge in [0.2, 0.25) is 5.88 Å². The van der Waals surface area contributed by atoms with E-state index in [0.29, 0.717) is 11.1 Å². The minimum Gasteiger partial charge on any atom is -0.493 e. The molecule has 0 saturated carbocycles. The Kier molecular flexibility index (Phi) is 5.69. The van der Waals surface area contributed by atoms with Gasteiger partial charge in [0.25, 0.3) is 11.8 Å². The molecule has 0 atom stereocenters. The lowest BCUT2D eigenvalue weighted by Gasteiger charge is -2.06. The van der Waals surface area contributed by atoms with Crippen LogP contribution in [0.2, 0.25) is 0 Å². The number of fused-ring (bicyclic) bond motifs is 1. The van der Waals surface area contributed by atoms with Crippen molar-refractivity contribution in [3.8, 4) is 11.6 Å². The Morgan fingerprint density at radius 3 is 2.61 bits per heavy atom. The lowest BCUT2D eigenvalue weighted by molar-refractivity contribution is -0.126. The quantitative estimate of drug-likeness (QED) is 0.641. The first-order valence-electron chi connectivity index (χ1n) is 8.63. The minimum atomic E-state index is -0.643. The van der Waals surface area contributed by atoms with Crippen molar-refractivity contribution in [2.75, 3.05) is 13.2 Å². The van der Waals surface area contributed by atoms with Crippen molar-refractivity contribution in [1.82, 2.24) is 9.88 Å². The summed E-state index contributed by atoms with van der Waals surface area (Å²) in [6, 6.07) is 14.5. The molecule has 2 N–H and O–H groups in total. The Morgan fingerprint density at radius 2 is 1.86 bits per heavy atom. The fraction of sp³-hybridized carbons (Fsp3) is 0.200. The zero-order valence-corrected chi connectivity index (χ0v) is 15.5. The lowest BCUT2D eigenvalue weighted by atomic mass is 10.2. The first-order valence-corrected chi connectivity index (χ1v) is 8.63. The fourth-order valence-corrected chi connectivity index (χ4v) is 2.61. The molecule has 3 aromatic rings. The average molecular weight is 380 g/mol. The number of aryl methyl sites for hydroxylation is 2. The van der Waals surface area contributed by atoms with Crippen molar-refractivity contribution < 1.29 is 19.4 Å². The molecule has 0 radical (unpaired) electrons. The summed E-state index contributed by atoms with van der Waals surface area (Å²) in [6.07, 6.45) is 0. The van der Waals surface area contributed by atoms with Crippen LogP contribution in [-0.4, -0.2) is 34.6 Å². The van der Waals surface area contributed by atoms with Gasteiger partial charge in [-0.15, -0.1) is 10.2 Å². The van der Waals surface area contributed by atoms with E-state index in [4.69, 9.17) is 4.74 Å². The molecule has 0 saturated heterocycles. The van der Waals surface area contributed by atoms with E-state index in [0.717, 1.165) is 11.1 Å². The van der Waals surface area contributed by atoms with Gasteiger partial charge in [0.1, 0.15) is 12.3 Å². The predicted molar refractivity (Wildman–Crippen MR) is 104 cm³/mol. The highest BCUT2D eigenvalue weighted by atomic mass is 16.5. The molecule has 8 heteroatoms. The van der Waals surface area contributed by atoms with E-state index in [2.05, 4.69) is 15.5 Å². The topological polar surface area (TPSA) is 105 Å². The molecule has 3 rings (SSSR count). The molecule has 8 nitrogen and oxygen atoms in total. The van der Waals surface area contributed by atoms with E-state index in [1.807, 2.05) is 31.2 Å². The summed E-state index contributed by atoms with van der Waals surface area (Å²) in [5.74, 6) is -0.611. The molecule has 0 aliphatic heterocycles. The number of azo groups is 1. The van der Waals surface area contributed by atoms with Gasteiger partial charge in [-0.05, 0) is 25.1 Å². The van der Waals surface area contributed by atoms with Crippen molar-refractivity contribution in [1.29, 1.82) is 0 Å². The normalized spacial score (nSPS) is 11.1. The van der Waals surface area contributed by atoms with Crippen LogP contribution in [0.4, 0.5) is 5.69 Å². The number of ether oxygens (including phenoxy) is 1. The average Bonchev–Trinajstić information content (AvgIpc) is 2.95. The number of para-hydroxylation sites is 1. The second-order valence-corrected chi connectivity index (χ2v) is 6.22. The first-order chi connectivity index (χ1) is 13.5. The molecule has 1 heterocycles. The third kappa shape index (κ3) is 4.35. The second kappa shape index (κ2) is 8.34. The van der Waals surface area contributed by atoms with Crippen molar-refractivity contribution >= 4 is 28.4 Å². The van der Waals surface area contributed by atoms with E-state index in [-0.39, 0.29) is 24.7 Å². The molecule has 0 fully saturated rings. The highest BCUT2D eigenvalue weighted by Gasteiger charge is 2.14. The second-order valence-electron chi connectivity index (χ2n) is 6.22. The molecule has 1 aromatic heterocycles. The number of nitrogens with one attached hydrogen (secondary N) is 1. The molecule has 0 bridgehead atoms. The molecule has 0 unspecified atom stereocenters. The third-order valence-electron chi connectivity index (χ3n) is 4.14. The molecular weight excluding hydrogens is 360 g/mol. The van der Waals surface area contributed by atoms with Gasteiger partial charge in [0.05, 0.1) is 5.52 Å². The van der Waals surface area contributed by atoms with Crippen LogP contribution in [-0.2, 0) is 16.6 Å². The summed E-state index contributed by atoms with van der Waals surface area (Å²) in [4.78, 5) is 23.7. The Balaban J connectivity index is 1.54. The van der Waals surface area contributed by atoms with Crippen LogP contribution in [0.5, 0.6) is 11.6 Å². The SMILES string of the molecule is Cc1ccc(OCC(=O)NCC(=O)N=Nc2c(O)n(C)c3ccccc23)cc1. The summed E-state index contributed by atoms with van der Waals surface area (Å²) >= 11 is 0. The molecule has 28 heavy (non-hydrogen) atoms. The summed E-state index contributed by atoms with van der Waals surface area (Å²) in [5, 5.41) is 20.7. The summed E-state index contributed by atoms with van der Waals surface area (Å²) in [5.41, 5.74) is 2.06. The van der Waals surface area contributed by atoms with Gasteiger partial charge in [0, 0.05) is 12.4 Å². The number of carbonyl (C=O) groups excluding carboxylic acids is 2. The van der Waals surface area contributed by atoms with Crippen molar-refractivity contribution in [3.05, 3.63) is 54.1 Å². The van der Waals surface area contributed by atoms with Gasteiger partial charge >= 0.3 is 0 Å². The van der Waals surface area contributed by atoms with Crippen LogP contribution in [0.1, 0.15) is 5.56 Å². The Hall–Kier alpha value is -3.68. The third-order valence-corrected chi connectivity index (χ3v) is 4.14. The number of aromatic hydroxyl groups is 1. The number of benzene rings is 2. The van der Waals surface area contributed by atoms with Gasteiger partial charge in [-0.25, -0.2) is 0 Å². The van der Waals surface area contributed by atoms with Gasteiger partial charge < -0.3 is 19.7 Å². The molecule has 0 aliphatic carbocycles. The first kappa shape index (κ1) is 19.1. The zero-order valence-electron chi connectivity index (χ0n) is 15.5. The standard InChI is InChI=1S/C20H20N4O4/c1-13-7-9-14(10-8-13)28-12-18(26)21-11-17(25)22-23-19-15-5-3-4-6-16(15)24(2)20(19)27/h3-10,27H,11-12H2,1-2H3,(H,21,26). The van der Waals surface area contributed by atoms with E-state index in [1.54, 1.807) is 35.9 Å². The van der Waals surface area contributed by atoms with E-state index < -0.39 is 11.8 Å². The largest absolute Gasteiger partial charge is 0.493 e. The summed E-state index contributed by atoms with van der Waals surface area (Å²) in [6.45, 7) is 1.43. The van der Waals surface area contributed by atoms with Crippen LogP contribution in [0.25, 0.3) is 10.9 Å². The lowest BCUT2D eigenvalue weighted by Crippen LogP contribution is -2.32. The zero-order chi connectivity index (χ0) is 20.1. The van der Waals surface area contributed by atoms with Gasteiger partial charge in [-0.3, -0.25) is 9.59 Å². The maximum absolute atomic E-state index is 11.9. The predicted octanol–water partition coefficient (Wildman–Crippen LogP) is 3.00. The van der Waals surface area contributed by atoms with Crippen LogP contribution >= 0.6 is 0 Å². The van der Waals surface area contributed by atoms with Gasteiger partial charge in [-0.2, -0.15) is 0 Å². The van der Waals surface area contributed by atoms with Crippen LogP contribution in [0.15, 0.2) is 58.8 Å². The van der Waals surface area contributed by atoms with Crippen LogP contribution in [0, 0.1) is 6.92 Å². The monoisotopic (exact) mass is 380 g/mol. The highest BCUT2D eigenvalue weighted by Crippen LogP contribution is 2.37. The number of hydrogen-bond acceptors (Lipinski definition) is 5. The molecule has 0 aliphatic rings. The Labute approximate surface area is 161 Å². The van der Waals surface area contributed by atoms with E-state index in [9.17, 15) is 14.7 Å². The van der Waals surface area contributed by atoms with E-state index in [1.165, 1.54) is 0 Å². The maximum atomic E-state index is 11.9. The fourth-order valence-electron chi connectivity index (χ4n) is 2.61. The smallest absolute Gasteiger partial charge is 0.283 e. The summed E-state index contributed by atoms with van der Waals surface area (Å²) < 4.78 is 6.89. The molecule has 2 amide bonds. The number of carbonyl (C=O) groups is 2. The minimum absolute atomic E-state index is 0.0896. The Morgan fingerprint density at radius 1 is 1.14 bits per heavy atom. The molecule has 2 aromatic carbocycles. The van der Waals surface area contributed by atoms with Crippen LogP contribution in [0.3, 0.4) is 0 Å². The molecular formula is C20H20N4O4. The van der Waals surface area contributed by atoms with E-state index >= 15 is 0 Å². The van der Waals surface area contributed by atoms with Crippen molar-refractivity contribution in [2.45, 2.75) is 6.92 Å².